The molecule has 4 aromatic rings. The first-order valence-corrected chi connectivity index (χ1v) is 10.7. The third-order valence-corrected chi connectivity index (χ3v) is 5.72. The van der Waals surface area contributed by atoms with Crippen molar-refractivity contribution in [3.63, 3.8) is 0 Å². The number of rotatable bonds is 3. The summed E-state index contributed by atoms with van der Waals surface area (Å²) in [5.74, 6) is 1.16. The second kappa shape index (κ2) is 7.20. The number of aryl methyl sites for hydroxylation is 1. The molecule has 7 nitrogen and oxygen atoms in total. The highest BCUT2D eigenvalue weighted by molar-refractivity contribution is 5.90. The minimum atomic E-state index is 0.111. The lowest BCUT2D eigenvalue weighted by molar-refractivity contribution is 0.373. The SMILES string of the molecule is Cn1cc2cc(-c3cnc4nc(N5CCC(NC(C)(C)C)C5)ccc4c3)c(O)cc2n1. The van der Waals surface area contributed by atoms with Crippen molar-refractivity contribution in [3.8, 4) is 16.9 Å². The van der Waals surface area contributed by atoms with Gasteiger partial charge in [0, 0.05) is 72.1 Å². The molecule has 1 aliphatic heterocycles. The van der Waals surface area contributed by atoms with Crippen molar-refractivity contribution < 1.29 is 5.11 Å². The average Bonchev–Trinajstić information content (AvgIpc) is 3.30. The largest absolute Gasteiger partial charge is 0.507 e. The predicted octanol–water partition coefficient (Wildman–Crippen LogP) is 3.86. The van der Waals surface area contributed by atoms with E-state index in [1.807, 2.05) is 25.4 Å². The molecule has 1 aliphatic rings. The van der Waals surface area contributed by atoms with Crippen molar-refractivity contribution >= 4 is 27.8 Å². The fraction of sp³-hybridized carbons (Fsp3) is 0.375. The first-order chi connectivity index (χ1) is 14.7. The van der Waals surface area contributed by atoms with Crippen LogP contribution in [0.25, 0.3) is 33.1 Å². The van der Waals surface area contributed by atoms with E-state index in [9.17, 15) is 5.11 Å². The predicted molar refractivity (Wildman–Crippen MR) is 124 cm³/mol. The van der Waals surface area contributed by atoms with E-state index < -0.39 is 0 Å². The zero-order valence-corrected chi connectivity index (χ0v) is 18.4. The third kappa shape index (κ3) is 3.93. The number of hydrogen-bond acceptors (Lipinski definition) is 6. The molecule has 31 heavy (non-hydrogen) atoms. The van der Waals surface area contributed by atoms with Crippen LogP contribution in [0.5, 0.6) is 5.75 Å². The van der Waals surface area contributed by atoms with Gasteiger partial charge < -0.3 is 15.3 Å². The standard InChI is InChI=1S/C24H28N6O/c1-24(2,3)27-18-7-8-30(14-18)22-6-5-15-9-16(12-25-23(15)26-22)19-10-17-13-29(4)28-20(17)11-21(19)31/h5-6,9-13,18,27,31H,7-8,14H2,1-4H3. The van der Waals surface area contributed by atoms with Gasteiger partial charge in [0.25, 0.3) is 0 Å². The molecule has 0 spiro atoms. The number of pyridine rings is 2. The molecule has 5 rings (SSSR count). The number of phenols is 1. The number of phenolic OH excluding ortho intramolecular Hbond substituents is 1. The van der Waals surface area contributed by atoms with Crippen LogP contribution in [0, 0.1) is 0 Å². The van der Waals surface area contributed by atoms with Gasteiger partial charge in [0.1, 0.15) is 11.6 Å². The Morgan fingerprint density at radius 2 is 1.97 bits per heavy atom. The van der Waals surface area contributed by atoms with Gasteiger partial charge >= 0.3 is 0 Å². The van der Waals surface area contributed by atoms with Gasteiger partial charge in [-0.25, -0.2) is 9.97 Å². The molecule has 160 valence electrons. The lowest BCUT2D eigenvalue weighted by Crippen LogP contribution is -2.44. The highest BCUT2D eigenvalue weighted by Crippen LogP contribution is 2.34. The van der Waals surface area contributed by atoms with E-state index in [2.05, 4.69) is 53.2 Å². The lowest BCUT2D eigenvalue weighted by Gasteiger charge is -2.26. The summed E-state index contributed by atoms with van der Waals surface area (Å²) >= 11 is 0. The molecule has 3 aromatic heterocycles. The van der Waals surface area contributed by atoms with Gasteiger partial charge in [-0.3, -0.25) is 4.68 Å². The van der Waals surface area contributed by atoms with E-state index in [-0.39, 0.29) is 11.3 Å². The zero-order valence-electron chi connectivity index (χ0n) is 18.4. The number of nitrogens with one attached hydrogen (secondary N) is 1. The quantitative estimate of drug-likeness (QED) is 0.528. The number of fused-ring (bicyclic) bond motifs is 2. The minimum Gasteiger partial charge on any atom is -0.507 e. The van der Waals surface area contributed by atoms with Crippen molar-refractivity contribution in [1.29, 1.82) is 0 Å². The molecule has 4 heterocycles. The summed E-state index contributed by atoms with van der Waals surface area (Å²) in [6, 6.07) is 10.3. The Morgan fingerprint density at radius 1 is 1.13 bits per heavy atom. The van der Waals surface area contributed by atoms with E-state index in [4.69, 9.17) is 4.98 Å². The van der Waals surface area contributed by atoms with Gasteiger partial charge in [0.2, 0.25) is 0 Å². The van der Waals surface area contributed by atoms with Crippen molar-refractivity contribution in [2.75, 3.05) is 18.0 Å². The van der Waals surface area contributed by atoms with Gasteiger partial charge in [-0.1, -0.05) is 0 Å². The maximum atomic E-state index is 10.5. The molecule has 0 radical (unpaired) electrons. The Balaban J connectivity index is 1.43. The minimum absolute atomic E-state index is 0.111. The highest BCUT2D eigenvalue weighted by Gasteiger charge is 2.26. The van der Waals surface area contributed by atoms with Crippen LogP contribution in [-0.2, 0) is 7.05 Å². The third-order valence-electron chi connectivity index (χ3n) is 5.72. The molecule has 0 aliphatic carbocycles. The number of aromatic nitrogens is 4. The first-order valence-electron chi connectivity index (χ1n) is 10.7. The van der Waals surface area contributed by atoms with E-state index in [1.165, 1.54) is 0 Å². The summed E-state index contributed by atoms with van der Waals surface area (Å²) in [5.41, 5.74) is 3.21. The topological polar surface area (TPSA) is 79.1 Å². The number of benzene rings is 1. The fourth-order valence-corrected chi connectivity index (χ4v) is 4.44. The molecule has 1 unspecified atom stereocenters. The van der Waals surface area contributed by atoms with Crippen molar-refractivity contribution in [1.82, 2.24) is 25.1 Å². The van der Waals surface area contributed by atoms with Gasteiger partial charge in [-0.2, -0.15) is 5.10 Å². The monoisotopic (exact) mass is 416 g/mol. The van der Waals surface area contributed by atoms with Crippen LogP contribution in [0.4, 0.5) is 5.82 Å². The molecule has 1 aromatic carbocycles. The molecule has 1 fully saturated rings. The Labute approximate surface area is 181 Å². The molecule has 0 bridgehead atoms. The summed E-state index contributed by atoms with van der Waals surface area (Å²) in [6.07, 6.45) is 4.84. The summed E-state index contributed by atoms with van der Waals surface area (Å²) in [4.78, 5) is 11.7. The van der Waals surface area contributed by atoms with Crippen LogP contribution in [-0.4, -0.2) is 49.5 Å². The molecular weight excluding hydrogens is 388 g/mol. The second-order valence-electron chi connectivity index (χ2n) is 9.50. The van der Waals surface area contributed by atoms with Crippen molar-refractivity contribution in [2.24, 2.45) is 7.05 Å². The number of nitrogens with zero attached hydrogens (tertiary/aromatic N) is 5. The summed E-state index contributed by atoms with van der Waals surface area (Å²) in [6.45, 7) is 8.55. The molecule has 2 N–H and O–H groups in total. The van der Waals surface area contributed by atoms with Gasteiger partial charge in [0.15, 0.2) is 5.65 Å². The number of anilines is 1. The normalized spacial score (nSPS) is 17.2. The maximum absolute atomic E-state index is 10.5. The molecule has 1 atom stereocenters. The van der Waals surface area contributed by atoms with Gasteiger partial charge in [-0.15, -0.1) is 0 Å². The Bertz CT molecular complexity index is 1270. The summed E-state index contributed by atoms with van der Waals surface area (Å²) in [7, 11) is 1.87. The van der Waals surface area contributed by atoms with E-state index >= 15 is 0 Å². The number of aromatic hydroxyl groups is 1. The fourth-order valence-electron chi connectivity index (χ4n) is 4.44. The second-order valence-corrected chi connectivity index (χ2v) is 9.50. The van der Waals surface area contributed by atoms with Crippen molar-refractivity contribution in [2.45, 2.75) is 38.8 Å². The van der Waals surface area contributed by atoms with Crippen LogP contribution < -0.4 is 10.2 Å². The van der Waals surface area contributed by atoms with Gasteiger partial charge in [0.05, 0.1) is 5.52 Å². The van der Waals surface area contributed by atoms with Crippen molar-refractivity contribution in [3.05, 3.63) is 42.7 Å². The molecule has 0 amide bonds. The smallest absolute Gasteiger partial charge is 0.161 e. The Morgan fingerprint density at radius 3 is 2.77 bits per heavy atom. The lowest BCUT2D eigenvalue weighted by atomic mass is 10.0. The van der Waals surface area contributed by atoms with Crippen LogP contribution in [0.3, 0.4) is 0 Å². The van der Waals surface area contributed by atoms with Crippen LogP contribution >= 0.6 is 0 Å². The van der Waals surface area contributed by atoms with E-state index in [1.54, 1.807) is 16.9 Å². The average molecular weight is 417 g/mol. The molecule has 0 saturated carbocycles. The summed E-state index contributed by atoms with van der Waals surface area (Å²) < 4.78 is 1.75. The van der Waals surface area contributed by atoms with Gasteiger partial charge in [-0.05, 0) is 51.5 Å². The van der Waals surface area contributed by atoms with E-state index in [0.29, 0.717) is 6.04 Å². The highest BCUT2D eigenvalue weighted by atomic mass is 16.3. The molecule has 7 heteroatoms. The Hall–Kier alpha value is -3.19. The zero-order chi connectivity index (χ0) is 21.8. The maximum Gasteiger partial charge on any atom is 0.161 e. The van der Waals surface area contributed by atoms with Crippen LogP contribution in [0.1, 0.15) is 27.2 Å². The number of hydrogen-bond donors (Lipinski definition) is 2. The summed E-state index contributed by atoms with van der Waals surface area (Å²) in [5, 5.41) is 20.5. The van der Waals surface area contributed by atoms with Crippen LogP contribution in [0.15, 0.2) is 42.7 Å². The molecular formula is C24H28N6O. The first kappa shape index (κ1) is 19.8. The van der Waals surface area contributed by atoms with Crippen LogP contribution in [0.2, 0.25) is 0 Å². The Kier molecular flexibility index (Phi) is 4.59. The molecule has 1 saturated heterocycles. The van der Waals surface area contributed by atoms with E-state index in [0.717, 1.165) is 58.4 Å².